The molecule has 55 heavy (non-hydrogen) atoms. The summed E-state index contributed by atoms with van der Waals surface area (Å²) < 4.78 is 10.7. The first-order valence-corrected chi connectivity index (χ1v) is 24.4. The Bertz CT molecular complexity index is 836. The molecule has 0 aromatic rings. The maximum absolute atomic E-state index is 12.2. The van der Waals surface area contributed by atoms with Crippen LogP contribution in [0.3, 0.4) is 0 Å². The first-order chi connectivity index (χ1) is 27.1. The number of allylic oxidation sites excluding steroid dienone is 4. The van der Waals surface area contributed by atoms with Gasteiger partial charge in [0.05, 0.1) is 6.61 Å². The highest BCUT2D eigenvalue weighted by atomic mass is 16.6. The van der Waals surface area contributed by atoms with Crippen molar-refractivity contribution in [1.29, 1.82) is 0 Å². The van der Waals surface area contributed by atoms with Crippen molar-refractivity contribution in [3.63, 3.8) is 0 Å². The van der Waals surface area contributed by atoms with E-state index < -0.39 is 6.10 Å². The van der Waals surface area contributed by atoms with Gasteiger partial charge in [0.15, 0.2) is 6.10 Å². The lowest BCUT2D eigenvalue weighted by Gasteiger charge is -2.15. The van der Waals surface area contributed by atoms with Crippen molar-refractivity contribution in [3.05, 3.63) is 24.3 Å². The molecule has 1 N–H and O–H groups in total. The molecular weight excluding hydrogens is 681 g/mol. The molecule has 0 aliphatic rings. The zero-order chi connectivity index (χ0) is 40.0. The molecule has 0 spiro atoms. The topological polar surface area (TPSA) is 72.8 Å². The van der Waals surface area contributed by atoms with Gasteiger partial charge < -0.3 is 14.6 Å². The van der Waals surface area contributed by atoms with Crippen LogP contribution in [0, 0.1) is 0 Å². The number of carbonyl (C=O) groups is 2. The van der Waals surface area contributed by atoms with Gasteiger partial charge in [-0.25, -0.2) is 0 Å². The fourth-order valence-electron chi connectivity index (χ4n) is 7.29. The minimum Gasteiger partial charge on any atom is -0.462 e. The predicted octanol–water partition coefficient (Wildman–Crippen LogP) is 15.8. The van der Waals surface area contributed by atoms with Crippen molar-refractivity contribution in [2.24, 2.45) is 0 Å². The van der Waals surface area contributed by atoms with Gasteiger partial charge >= 0.3 is 11.9 Å². The summed E-state index contributed by atoms with van der Waals surface area (Å²) in [5.74, 6) is -0.578. The normalized spacial score (nSPS) is 12.3. The molecule has 0 aliphatic heterocycles. The average molecular weight is 775 g/mol. The SMILES string of the molecule is CCCCCCC/C=C\C/C=C\CCCCCCCCCCCCCC(=O)OC(CO)COC(=O)CCCCCCCCCCCCCCCCCCCC. The Morgan fingerprint density at radius 3 is 1.07 bits per heavy atom. The summed E-state index contributed by atoms with van der Waals surface area (Å²) in [6, 6.07) is 0. The number of aliphatic hydroxyl groups excluding tert-OH is 1. The van der Waals surface area contributed by atoms with Gasteiger partial charge in [-0.3, -0.25) is 9.59 Å². The Hall–Kier alpha value is -1.62. The van der Waals surface area contributed by atoms with E-state index in [1.807, 2.05) is 0 Å². The molecule has 0 saturated carbocycles. The fourth-order valence-corrected chi connectivity index (χ4v) is 7.29. The highest BCUT2D eigenvalue weighted by Crippen LogP contribution is 2.16. The summed E-state index contributed by atoms with van der Waals surface area (Å²) in [5.41, 5.74) is 0. The number of hydrogen-bond donors (Lipinski definition) is 1. The molecule has 0 amide bonds. The zero-order valence-electron chi connectivity index (χ0n) is 37.0. The van der Waals surface area contributed by atoms with Crippen LogP contribution in [0.25, 0.3) is 0 Å². The lowest BCUT2D eigenvalue weighted by Crippen LogP contribution is -2.28. The van der Waals surface area contributed by atoms with Crippen molar-refractivity contribution in [3.8, 4) is 0 Å². The summed E-state index contributed by atoms with van der Waals surface area (Å²) in [6.07, 6.45) is 56.9. The maximum Gasteiger partial charge on any atom is 0.306 e. The van der Waals surface area contributed by atoms with Crippen LogP contribution in [-0.4, -0.2) is 36.4 Å². The number of unbranched alkanes of at least 4 members (excludes halogenated alkanes) is 33. The standard InChI is InChI=1S/C50H94O5/c1-3-5-7-9-11-13-15-17-19-21-23-24-25-26-27-29-31-33-35-37-39-41-43-45-50(53)55-48(46-51)47-54-49(52)44-42-40-38-36-34-32-30-28-22-20-18-16-14-12-10-8-6-4-2/h15,17,21,23,48,51H,3-14,16,18-20,22,24-47H2,1-2H3/b17-15-,23-21-. The van der Waals surface area contributed by atoms with Gasteiger partial charge in [-0.2, -0.15) is 0 Å². The molecule has 0 saturated heterocycles. The van der Waals surface area contributed by atoms with Crippen LogP contribution in [0.1, 0.15) is 264 Å². The Balaban J connectivity index is 3.47. The predicted molar refractivity (Wildman–Crippen MR) is 238 cm³/mol. The monoisotopic (exact) mass is 775 g/mol. The summed E-state index contributed by atoms with van der Waals surface area (Å²) in [5, 5.41) is 9.61. The van der Waals surface area contributed by atoms with Crippen LogP contribution in [0.15, 0.2) is 24.3 Å². The minimum atomic E-state index is -0.768. The second-order valence-electron chi connectivity index (χ2n) is 16.5. The van der Waals surface area contributed by atoms with Gasteiger partial charge in [-0.1, -0.05) is 231 Å². The van der Waals surface area contributed by atoms with E-state index in [0.717, 1.165) is 38.5 Å². The molecule has 5 nitrogen and oxygen atoms in total. The third-order valence-electron chi connectivity index (χ3n) is 11.0. The molecule has 0 aromatic carbocycles. The van der Waals surface area contributed by atoms with Gasteiger partial charge in [0.1, 0.15) is 6.61 Å². The number of ether oxygens (including phenoxy) is 2. The Kier molecular flexibility index (Phi) is 45.4. The Labute approximate surface area is 343 Å². The lowest BCUT2D eigenvalue weighted by atomic mass is 10.0. The third-order valence-corrected chi connectivity index (χ3v) is 11.0. The highest BCUT2D eigenvalue weighted by molar-refractivity contribution is 5.70. The van der Waals surface area contributed by atoms with Crippen LogP contribution in [0.4, 0.5) is 0 Å². The second kappa shape index (κ2) is 46.8. The maximum atomic E-state index is 12.2. The van der Waals surface area contributed by atoms with E-state index in [1.165, 1.54) is 199 Å². The molecule has 1 unspecified atom stereocenters. The minimum absolute atomic E-state index is 0.0611. The van der Waals surface area contributed by atoms with Gasteiger partial charge in [0.25, 0.3) is 0 Å². The molecule has 324 valence electrons. The van der Waals surface area contributed by atoms with E-state index >= 15 is 0 Å². The van der Waals surface area contributed by atoms with Crippen molar-refractivity contribution >= 4 is 11.9 Å². The van der Waals surface area contributed by atoms with Gasteiger partial charge in [-0.05, 0) is 44.9 Å². The highest BCUT2D eigenvalue weighted by Gasteiger charge is 2.16. The summed E-state index contributed by atoms with van der Waals surface area (Å²) >= 11 is 0. The summed E-state index contributed by atoms with van der Waals surface area (Å²) in [7, 11) is 0. The Morgan fingerprint density at radius 2 is 0.727 bits per heavy atom. The molecule has 0 fully saturated rings. The van der Waals surface area contributed by atoms with Crippen LogP contribution in [0.2, 0.25) is 0 Å². The smallest absolute Gasteiger partial charge is 0.306 e. The van der Waals surface area contributed by atoms with E-state index in [0.29, 0.717) is 12.8 Å². The molecular formula is C50H94O5. The number of hydrogen-bond acceptors (Lipinski definition) is 5. The van der Waals surface area contributed by atoms with Gasteiger partial charge in [0.2, 0.25) is 0 Å². The van der Waals surface area contributed by atoms with Gasteiger partial charge in [-0.15, -0.1) is 0 Å². The van der Waals surface area contributed by atoms with Crippen molar-refractivity contribution in [1.82, 2.24) is 0 Å². The van der Waals surface area contributed by atoms with E-state index in [-0.39, 0.29) is 25.2 Å². The lowest BCUT2D eigenvalue weighted by molar-refractivity contribution is -0.161. The van der Waals surface area contributed by atoms with Crippen molar-refractivity contribution < 1.29 is 24.2 Å². The summed E-state index contributed by atoms with van der Waals surface area (Å²) in [4.78, 5) is 24.4. The van der Waals surface area contributed by atoms with Crippen molar-refractivity contribution in [2.75, 3.05) is 13.2 Å². The number of aliphatic hydroxyl groups is 1. The van der Waals surface area contributed by atoms with E-state index in [9.17, 15) is 14.7 Å². The van der Waals surface area contributed by atoms with Gasteiger partial charge in [0, 0.05) is 12.8 Å². The number of carbonyl (C=O) groups excluding carboxylic acids is 2. The van der Waals surface area contributed by atoms with Crippen LogP contribution < -0.4 is 0 Å². The van der Waals surface area contributed by atoms with Crippen molar-refractivity contribution in [2.45, 2.75) is 270 Å². The molecule has 0 bridgehead atoms. The fraction of sp³-hybridized carbons (Fsp3) is 0.880. The van der Waals surface area contributed by atoms with Crippen LogP contribution in [0.5, 0.6) is 0 Å². The molecule has 0 heterocycles. The zero-order valence-corrected chi connectivity index (χ0v) is 37.0. The first kappa shape index (κ1) is 53.4. The largest absolute Gasteiger partial charge is 0.462 e. The van der Waals surface area contributed by atoms with E-state index in [1.54, 1.807) is 0 Å². The first-order valence-electron chi connectivity index (χ1n) is 24.4. The second-order valence-corrected chi connectivity index (χ2v) is 16.5. The third kappa shape index (κ3) is 45.0. The molecule has 0 aliphatic carbocycles. The molecule has 1 atom stereocenters. The van der Waals surface area contributed by atoms with Crippen LogP contribution in [-0.2, 0) is 19.1 Å². The number of esters is 2. The molecule has 0 rings (SSSR count). The summed E-state index contributed by atoms with van der Waals surface area (Å²) in [6.45, 7) is 4.16. The quantitative estimate of drug-likeness (QED) is 0.0379. The molecule has 5 heteroatoms. The van der Waals surface area contributed by atoms with Crippen LogP contribution >= 0.6 is 0 Å². The van der Waals surface area contributed by atoms with E-state index in [2.05, 4.69) is 38.2 Å². The van der Waals surface area contributed by atoms with E-state index in [4.69, 9.17) is 9.47 Å². The molecule has 0 radical (unpaired) electrons. The Morgan fingerprint density at radius 1 is 0.418 bits per heavy atom. The average Bonchev–Trinajstić information content (AvgIpc) is 3.19. The number of rotatable bonds is 45. The molecule has 0 aromatic heterocycles.